The van der Waals surface area contributed by atoms with Crippen molar-refractivity contribution in [3.05, 3.63) is 93.3 Å². The predicted octanol–water partition coefficient (Wildman–Crippen LogP) is 3.83. The SMILES string of the molecule is CC[C@@]1(O)C(=O)OCc2c1cc1n(c2=O)Cc2c-1nc1ccccc1c2C=Nc1ccccc1. The van der Waals surface area contributed by atoms with Gasteiger partial charge in [-0.05, 0) is 30.7 Å². The van der Waals surface area contributed by atoms with Crippen LogP contribution in [0.25, 0.3) is 22.3 Å². The number of carbonyl (C=O) groups excluding carboxylic acids is 1. The number of hydrogen-bond donors (Lipinski definition) is 1. The summed E-state index contributed by atoms with van der Waals surface area (Å²) in [7, 11) is 0. The third-order valence-corrected chi connectivity index (χ3v) is 6.74. The van der Waals surface area contributed by atoms with E-state index < -0.39 is 11.6 Å². The van der Waals surface area contributed by atoms with E-state index in [9.17, 15) is 14.7 Å². The summed E-state index contributed by atoms with van der Waals surface area (Å²) < 4.78 is 6.81. The molecule has 4 aromatic rings. The monoisotopic (exact) mass is 451 g/mol. The van der Waals surface area contributed by atoms with E-state index >= 15 is 0 Å². The Kier molecular flexibility index (Phi) is 4.50. The van der Waals surface area contributed by atoms with Crippen molar-refractivity contribution in [1.29, 1.82) is 0 Å². The number of pyridine rings is 2. The zero-order valence-electron chi connectivity index (χ0n) is 18.5. The van der Waals surface area contributed by atoms with Gasteiger partial charge in [0, 0.05) is 28.3 Å². The standard InChI is InChI=1S/C27H21N3O4/c1-2-27(33)21-12-23-24-19(14-30(23)25(31)20(21)15-34-26(27)32)18(13-28-16-8-4-3-5-9-16)17-10-6-7-11-22(17)29-24/h3-13,33H,2,14-15H2,1H3/t27-/m0/s1. The Bertz CT molecular complexity index is 1570. The number of ether oxygens (including phenoxy) is 1. The van der Waals surface area contributed by atoms with Crippen LogP contribution >= 0.6 is 0 Å². The fraction of sp³-hybridized carbons (Fsp3) is 0.185. The zero-order chi connectivity index (χ0) is 23.4. The lowest BCUT2D eigenvalue weighted by atomic mass is 9.86. The topological polar surface area (TPSA) is 93.8 Å². The van der Waals surface area contributed by atoms with Crippen LogP contribution in [0.2, 0.25) is 0 Å². The lowest BCUT2D eigenvalue weighted by Gasteiger charge is -2.31. The minimum absolute atomic E-state index is 0.106. The zero-order valence-corrected chi connectivity index (χ0v) is 18.5. The second-order valence-electron chi connectivity index (χ2n) is 8.57. The smallest absolute Gasteiger partial charge is 0.343 e. The van der Waals surface area contributed by atoms with Gasteiger partial charge in [-0.1, -0.05) is 43.3 Å². The minimum Gasteiger partial charge on any atom is -0.458 e. The van der Waals surface area contributed by atoms with Crippen LogP contribution in [0.15, 0.2) is 70.5 Å². The normalized spacial score (nSPS) is 18.6. The van der Waals surface area contributed by atoms with Gasteiger partial charge in [0.25, 0.3) is 5.56 Å². The molecule has 6 rings (SSSR count). The Labute approximate surface area is 195 Å². The van der Waals surface area contributed by atoms with Gasteiger partial charge in [-0.3, -0.25) is 9.79 Å². The Hall–Kier alpha value is -4.10. The molecule has 2 aliphatic rings. The number of cyclic esters (lactones) is 1. The highest BCUT2D eigenvalue weighted by Crippen LogP contribution is 2.39. The molecule has 0 spiro atoms. The molecule has 0 unspecified atom stereocenters. The van der Waals surface area contributed by atoms with Crippen molar-refractivity contribution in [2.75, 3.05) is 0 Å². The molecule has 1 atom stereocenters. The van der Waals surface area contributed by atoms with Crippen LogP contribution in [0.3, 0.4) is 0 Å². The number of rotatable bonds is 3. The fourth-order valence-corrected chi connectivity index (χ4v) is 4.86. The Morgan fingerprint density at radius 1 is 1.12 bits per heavy atom. The van der Waals surface area contributed by atoms with E-state index in [1.54, 1.807) is 17.6 Å². The highest BCUT2D eigenvalue weighted by molar-refractivity contribution is 6.03. The number of aliphatic imine (C=N–C) groups is 1. The molecule has 0 bridgehead atoms. The summed E-state index contributed by atoms with van der Waals surface area (Å²) in [6, 6.07) is 19.2. The van der Waals surface area contributed by atoms with Gasteiger partial charge in [-0.25, -0.2) is 9.78 Å². The molecule has 7 heteroatoms. The van der Waals surface area contributed by atoms with Gasteiger partial charge in [0.15, 0.2) is 5.60 Å². The van der Waals surface area contributed by atoms with Gasteiger partial charge < -0.3 is 14.4 Å². The summed E-state index contributed by atoms with van der Waals surface area (Å²) in [4.78, 5) is 35.4. The van der Waals surface area contributed by atoms with E-state index in [0.717, 1.165) is 27.7 Å². The summed E-state index contributed by atoms with van der Waals surface area (Å²) in [5.74, 6) is -0.729. The van der Waals surface area contributed by atoms with Gasteiger partial charge in [-0.2, -0.15) is 0 Å². The molecule has 2 aromatic carbocycles. The molecular weight excluding hydrogens is 430 g/mol. The lowest BCUT2D eigenvalue weighted by molar-refractivity contribution is -0.172. The van der Waals surface area contributed by atoms with Crippen LogP contribution in [-0.2, 0) is 28.3 Å². The maximum Gasteiger partial charge on any atom is 0.343 e. The van der Waals surface area contributed by atoms with Gasteiger partial charge in [0.05, 0.1) is 34.7 Å². The van der Waals surface area contributed by atoms with E-state index in [-0.39, 0.29) is 18.6 Å². The summed E-state index contributed by atoms with van der Waals surface area (Å²) in [5, 5.41) is 12.0. The molecule has 34 heavy (non-hydrogen) atoms. The average molecular weight is 451 g/mol. The second kappa shape index (κ2) is 7.46. The van der Waals surface area contributed by atoms with Gasteiger partial charge >= 0.3 is 5.97 Å². The largest absolute Gasteiger partial charge is 0.458 e. The molecule has 0 saturated carbocycles. The first-order valence-electron chi connectivity index (χ1n) is 11.2. The van der Waals surface area contributed by atoms with Crippen LogP contribution in [0.5, 0.6) is 0 Å². The molecule has 7 nitrogen and oxygen atoms in total. The second-order valence-corrected chi connectivity index (χ2v) is 8.57. The number of hydrogen-bond acceptors (Lipinski definition) is 6. The Morgan fingerprint density at radius 3 is 2.68 bits per heavy atom. The number of aliphatic hydroxyl groups is 1. The molecular formula is C27H21N3O4. The molecule has 1 N–H and O–H groups in total. The molecule has 0 aliphatic carbocycles. The summed E-state index contributed by atoms with van der Waals surface area (Å²) in [6.45, 7) is 1.87. The molecule has 2 aliphatic heterocycles. The summed E-state index contributed by atoms with van der Waals surface area (Å²) in [5.41, 5.74) is 3.11. The van der Waals surface area contributed by atoms with Crippen LogP contribution < -0.4 is 5.56 Å². The first kappa shape index (κ1) is 20.5. The molecule has 0 saturated heterocycles. The molecule has 0 fully saturated rings. The maximum atomic E-state index is 13.5. The highest BCUT2D eigenvalue weighted by atomic mass is 16.6. The fourth-order valence-electron chi connectivity index (χ4n) is 4.86. The molecule has 0 radical (unpaired) electrons. The number of esters is 1. The number of carbonyl (C=O) groups is 1. The molecule has 4 heterocycles. The first-order chi connectivity index (χ1) is 16.5. The number of benzene rings is 2. The van der Waals surface area contributed by atoms with E-state index in [0.29, 0.717) is 29.1 Å². The molecule has 2 aromatic heterocycles. The summed E-state index contributed by atoms with van der Waals surface area (Å²) >= 11 is 0. The summed E-state index contributed by atoms with van der Waals surface area (Å²) in [6.07, 6.45) is 1.93. The third kappa shape index (κ3) is 2.87. The van der Waals surface area contributed by atoms with Crippen LogP contribution in [0.4, 0.5) is 5.69 Å². The van der Waals surface area contributed by atoms with E-state index in [4.69, 9.17) is 9.72 Å². The number of nitrogens with zero attached hydrogens (tertiary/aromatic N) is 3. The first-order valence-corrected chi connectivity index (χ1v) is 11.2. The van der Waals surface area contributed by atoms with Crippen LogP contribution in [0.1, 0.15) is 35.6 Å². The molecule has 168 valence electrons. The van der Waals surface area contributed by atoms with Crippen molar-refractivity contribution in [2.45, 2.75) is 32.1 Å². The van der Waals surface area contributed by atoms with Gasteiger partial charge in [0.1, 0.15) is 6.61 Å². The quantitative estimate of drug-likeness (QED) is 0.332. The minimum atomic E-state index is -1.85. The van der Waals surface area contributed by atoms with Crippen molar-refractivity contribution in [3.8, 4) is 11.4 Å². The lowest BCUT2D eigenvalue weighted by Crippen LogP contribution is -2.44. The Morgan fingerprint density at radius 2 is 1.88 bits per heavy atom. The maximum absolute atomic E-state index is 13.5. The van der Waals surface area contributed by atoms with Crippen molar-refractivity contribution in [2.24, 2.45) is 4.99 Å². The van der Waals surface area contributed by atoms with Crippen molar-refractivity contribution < 1.29 is 14.6 Å². The van der Waals surface area contributed by atoms with Crippen LogP contribution in [-0.4, -0.2) is 26.8 Å². The van der Waals surface area contributed by atoms with E-state index in [1.807, 2.05) is 60.8 Å². The van der Waals surface area contributed by atoms with Gasteiger partial charge in [0.2, 0.25) is 0 Å². The van der Waals surface area contributed by atoms with Crippen molar-refractivity contribution >= 4 is 28.8 Å². The number of fused-ring (bicyclic) bond motifs is 5. The van der Waals surface area contributed by atoms with E-state index in [1.165, 1.54) is 0 Å². The Balaban J connectivity index is 1.61. The van der Waals surface area contributed by atoms with E-state index in [2.05, 4.69) is 4.99 Å². The average Bonchev–Trinajstić information content (AvgIpc) is 3.24. The van der Waals surface area contributed by atoms with Crippen molar-refractivity contribution in [3.63, 3.8) is 0 Å². The number of para-hydroxylation sites is 2. The third-order valence-electron chi connectivity index (χ3n) is 6.74. The highest BCUT2D eigenvalue weighted by Gasteiger charge is 2.45. The van der Waals surface area contributed by atoms with Crippen molar-refractivity contribution in [1.82, 2.24) is 9.55 Å². The predicted molar refractivity (Wildman–Crippen MR) is 128 cm³/mol. The number of aromatic nitrogens is 2. The molecule has 0 amide bonds. The van der Waals surface area contributed by atoms with Gasteiger partial charge in [-0.15, -0.1) is 0 Å². The van der Waals surface area contributed by atoms with Crippen LogP contribution in [0, 0.1) is 0 Å².